The first-order valence-corrected chi connectivity index (χ1v) is 8.13. The van der Waals surface area contributed by atoms with E-state index in [0.29, 0.717) is 12.8 Å². The molecule has 1 aromatic carbocycles. The molecule has 0 spiro atoms. The SMILES string of the molecule is CN(C)C(=O)C1(N(C)C(=O)OCc2ccccc2)CCCCC1. The van der Waals surface area contributed by atoms with E-state index in [4.69, 9.17) is 4.74 Å². The molecule has 5 heteroatoms. The van der Waals surface area contributed by atoms with E-state index in [1.165, 1.54) is 4.90 Å². The van der Waals surface area contributed by atoms with Crippen molar-refractivity contribution in [3.63, 3.8) is 0 Å². The van der Waals surface area contributed by atoms with Crippen LogP contribution in [0, 0.1) is 0 Å². The molecule has 1 aliphatic rings. The summed E-state index contributed by atoms with van der Waals surface area (Å²) in [4.78, 5) is 28.3. The van der Waals surface area contributed by atoms with Gasteiger partial charge in [-0.15, -0.1) is 0 Å². The fourth-order valence-corrected chi connectivity index (χ4v) is 3.24. The summed E-state index contributed by atoms with van der Waals surface area (Å²) in [5.74, 6) is -0.0173. The summed E-state index contributed by atoms with van der Waals surface area (Å²) in [6.07, 6.45) is 3.97. The van der Waals surface area contributed by atoms with Gasteiger partial charge in [0.05, 0.1) is 0 Å². The van der Waals surface area contributed by atoms with Gasteiger partial charge >= 0.3 is 6.09 Å². The number of carbonyl (C=O) groups is 2. The highest BCUT2D eigenvalue weighted by molar-refractivity contribution is 5.89. The maximum absolute atomic E-state index is 12.7. The molecule has 2 amide bonds. The van der Waals surface area contributed by atoms with Crippen LogP contribution in [-0.2, 0) is 16.1 Å². The third-order valence-electron chi connectivity index (χ3n) is 4.61. The van der Waals surface area contributed by atoms with Gasteiger partial charge < -0.3 is 9.64 Å². The van der Waals surface area contributed by atoms with Gasteiger partial charge in [-0.05, 0) is 18.4 Å². The van der Waals surface area contributed by atoms with E-state index in [1.54, 1.807) is 26.0 Å². The van der Waals surface area contributed by atoms with E-state index in [1.807, 2.05) is 30.3 Å². The smallest absolute Gasteiger partial charge is 0.410 e. The van der Waals surface area contributed by atoms with Crippen molar-refractivity contribution in [2.75, 3.05) is 21.1 Å². The number of benzene rings is 1. The highest BCUT2D eigenvalue weighted by Gasteiger charge is 2.46. The number of likely N-dealkylation sites (N-methyl/N-ethyl adjacent to an activating group) is 2. The first-order valence-electron chi connectivity index (χ1n) is 8.13. The van der Waals surface area contributed by atoms with Crippen LogP contribution >= 0.6 is 0 Å². The van der Waals surface area contributed by atoms with Crippen molar-refractivity contribution in [2.24, 2.45) is 0 Å². The topological polar surface area (TPSA) is 49.9 Å². The minimum atomic E-state index is -0.768. The van der Waals surface area contributed by atoms with Crippen molar-refractivity contribution in [1.82, 2.24) is 9.80 Å². The summed E-state index contributed by atoms with van der Waals surface area (Å²) in [6.45, 7) is 0.219. The standard InChI is InChI=1S/C18H26N2O3/c1-19(2)16(21)18(12-8-5-9-13-18)20(3)17(22)23-14-15-10-6-4-7-11-15/h4,6-7,10-11H,5,8-9,12-14H2,1-3H3. The van der Waals surface area contributed by atoms with E-state index in [9.17, 15) is 9.59 Å². The molecule has 1 aliphatic carbocycles. The predicted molar refractivity (Wildman–Crippen MR) is 88.9 cm³/mol. The Bertz CT molecular complexity index is 536. The molecule has 2 rings (SSSR count). The van der Waals surface area contributed by atoms with Crippen LogP contribution in [0.1, 0.15) is 37.7 Å². The van der Waals surface area contributed by atoms with Crippen molar-refractivity contribution in [1.29, 1.82) is 0 Å². The summed E-state index contributed by atoms with van der Waals surface area (Å²) in [5, 5.41) is 0. The normalized spacial score (nSPS) is 16.5. The second-order valence-corrected chi connectivity index (χ2v) is 6.39. The number of ether oxygens (including phenoxy) is 1. The van der Waals surface area contributed by atoms with Gasteiger partial charge in [-0.1, -0.05) is 49.6 Å². The molecule has 1 aromatic rings. The monoisotopic (exact) mass is 318 g/mol. The Balaban J connectivity index is 2.08. The molecular weight excluding hydrogens is 292 g/mol. The lowest BCUT2D eigenvalue weighted by atomic mass is 9.79. The van der Waals surface area contributed by atoms with Gasteiger partial charge in [0.2, 0.25) is 5.91 Å². The van der Waals surface area contributed by atoms with E-state index in [-0.39, 0.29) is 12.5 Å². The number of rotatable bonds is 4. The molecule has 0 heterocycles. The van der Waals surface area contributed by atoms with Crippen LogP contribution in [0.3, 0.4) is 0 Å². The van der Waals surface area contributed by atoms with E-state index < -0.39 is 11.6 Å². The summed E-state index contributed by atoms with van der Waals surface area (Å²) >= 11 is 0. The molecule has 0 radical (unpaired) electrons. The van der Waals surface area contributed by atoms with Crippen LogP contribution in [0.4, 0.5) is 4.79 Å². The largest absolute Gasteiger partial charge is 0.445 e. The van der Waals surface area contributed by atoms with E-state index in [2.05, 4.69) is 0 Å². The molecule has 1 fully saturated rings. The Morgan fingerprint density at radius 2 is 1.65 bits per heavy atom. The fourth-order valence-electron chi connectivity index (χ4n) is 3.24. The number of nitrogens with zero attached hydrogens (tertiary/aromatic N) is 2. The minimum Gasteiger partial charge on any atom is -0.445 e. The third-order valence-corrected chi connectivity index (χ3v) is 4.61. The van der Waals surface area contributed by atoms with Gasteiger partial charge in [0, 0.05) is 21.1 Å². The van der Waals surface area contributed by atoms with Crippen molar-refractivity contribution >= 4 is 12.0 Å². The molecule has 0 bridgehead atoms. The number of amides is 2. The molecule has 23 heavy (non-hydrogen) atoms. The molecule has 0 aliphatic heterocycles. The number of hydrogen-bond acceptors (Lipinski definition) is 3. The maximum Gasteiger partial charge on any atom is 0.410 e. The molecule has 0 unspecified atom stereocenters. The molecule has 5 nitrogen and oxygen atoms in total. The van der Waals surface area contributed by atoms with Crippen molar-refractivity contribution in [3.8, 4) is 0 Å². The van der Waals surface area contributed by atoms with Gasteiger partial charge in [0.1, 0.15) is 12.1 Å². The van der Waals surface area contributed by atoms with Crippen LogP contribution in [0.25, 0.3) is 0 Å². The van der Waals surface area contributed by atoms with Crippen molar-refractivity contribution < 1.29 is 14.3 Å². The Labute approximate surface area is 138 Å². The Hall–Kier alpha value is -2.04. The predicted octanol–water partition coefficient (Wildman–Crippen LogP) is 3.05. The van der Waals surface area contributed by atoms with Gasteiger partial charge in [0.15, 0.2) is 0 Å². The quantitative estimate of drug-likeness (QED) is 0.857. The molecule has 126 valence electrons. The highest BCUT2D eigenvalue weighted by atomic mass is 16.6. The lowest BCUT2D eigenvalue weighted by Crippen LogP contribution is -2.59. The lowest BCUT2D eigenvalue weighted by molar-refractivity contribution is -0.142. The van der Waals surface area contributed by atoms with Gasteiger partial charge in [-0.3, -0.25) is 9.69 Å². The van der Waals surface area contributed by atoms with Crippen LogP contribution in [-0.4, -0.2) is 48.5 Å². The molecule has 1 saturated carbocycles. The van der Waals surface area contributed by atoms with Crippen LogP contribution in [0.5, 0.6) is 0 Å². The van der Waals surface area contributed by atoms with Crippen LogP contribution in [0.15, 0.2) is 30.3 Å². The second kappa shape index (κ2) is 7.49. The van der Waals surface area contributed by atoms with Gasteiger partial charge in [-0.25, -0.2) is 4.79 Å². The van der Waals surface area contributed by atoms with E-state index in [0.717, 1.165) is 24.8 Å². The van der Waals surface area contributed by atoms with Crippen LogP contribution in [0.2, 0.25) is 0 Å². The first-order chi connectivity index (χ1) is 11.0. The number of carbonyl (C=O) groups excluding carboxylic acids is 2. The maximum atomic E-state index is 12.7. The minimum absolute atomic E-state index is 0.0173. The van der Waals surface area contributed by atoms with Gasteiger partial charge in [-0.2, -0.15) is 0 Å². The summed E-state index contributed by atoms with van der Waals surface area (Å²) < 4.78 is 5.41. The average molecular weight is 318 g/mol. The van der Waals surface area contributed by atoms with Crippen molar-refractivity contribution in [3.05, 3.63) is 35.9 Å². The zero-order chi connectivity index (χ0) is 16.9. The summed E-state index contributed by atoms with van der Waals surface area (Å²) in [6, 6.07) is 9.56. The summed E-state index contributed by atoms with van der Waals surface area (Å²) in [5.41, 5.74) is 0.168. The van der Waals surface area contributed by atoms with Crippen LogP contribution < -0.4 is 0 Å². The third kappa shape index (κ3) is 3.84. The molecule has 0 N–H and O–H groups in total. The average Bonchev–Trinajstić information content (AvgIpc) is 2.59. The second-order valence-electron chi connectivity index (χ2n) is 6.39. The zero-order valence-corrected chi connectivity index (χ0v) is 14.2. The lowest BCUT2D eigenvalue weighted by Gasteiger charge is -2.43. The van der Waals surface area contributed by atoms with Crippen molar-refractivity contribution in [2.45, 2.75) is 44.2 Å². The zero-order valence-electron chi connectivity index (χ0n) is 14.2. The molecule has 0 saturated heterocycles. The van der Waals surface area contributed by atoms with E-state index >= 15 is 0 Å². The Morgan fingerprint density at radius 1 is 1.04 bits per heavy atom. The molecular formula is C18H26N2O3. The highest BCUT2D eigenvalue weighted by Crippen LogP contribution is 2.34. The Morgan fingerprint density at radius 3 is 2.22 bits per heavy atom. The van der Waals surface area contributed by atoms with Gasteiger partial charge in [0.25, 0.3) is 0 Å². The summed E-state index contributed by atoms with van der Waals surface area (Å²) in [7, 11) is 5.16. The molecule has 0 aromatic heterocycles. The Kier molecular flexibility index (Phi) is 5.64. The number of hydrogen-bond donors (Lipinski definition) is 0. The first kappa shape index (κ1) is 17.3. The molecule has 0 atom stereocenters. The fraction of sp³-hybridized carbons (Fsp3) is 0.556.